The molecule has 0 atom stereocenters. The number of aromatic amines is 1. The quantitative estimate of drug-likeness (QED) is 0.628. The van der Waals surface area contributed by atoms with Crippen LogP contribution >= 0.6 is 0 Å². The molecule has 0 bridgehead atoms. The number of benzene rings is 2. The van der Waals surface area contributed by atoms with Crippen molar-refractivity contribution in [3.05, 3.63) is 48.5 Å². The molecule has 84 valence electrons. The summed E-state index contributed by atoms with van der Waals surface area (Å²) in [6, 6.07) is 10.9. The highest BCUT2D eigenvalue weighted by Gasteiger charge is 2.13. The highest BCUT2D eigenvalue weighted by molar-refractivity contribution is 5.98. The van der Waals surface area contributed by atoms with E-state index in [0.717, 1.165) is 11.1 Å². The fraction of sp³-hybridized carbons (Fsp3) is 0. The van der Waals surface area contributed by atoms with Crippen molar-refractivity contribution in [3.63, 3.8) is 0 Å². The summed E-state index contributed by atoms with van der Waals surface area (Å²) in [5.74, 6) is -0.380. The van der Waals surface area contributed by atoms with Gasteiger partial charge in [-0.1, -0.05) is 30.3 Å². The fourth-order valence-electron chi connectivity index (χ4n) is 1.99. The van der Waals surface area contributed by atoms with Crippen LogP contribution in [0.4, 0.5) is 10.1 Å². The molecule has 0 radical (unpaired) electrons. The SMILES string of the molecule is Nc1cc(F)c2[nH]cnc2c1-c1ccccc1. The molecule has 4 heteroatoms. The van der Waals surface area contributed by atoms with Gasteiger partial charge in [0.05, 0.1) is 6.33 Å². The number of nitrogens with one attached hydrogen (secondary N) is 1. The number of H-pyrrole nitrogens is 1. The van der Waals surface area contributed by atoms with Crippen LogP contribution in [0.25, 0.3) is 22.2 Å². The molecular formula is C13H10FN3. The lowest BCUT2D eigenvalue weighted by Crippen LogP contribution is -1.94. The van der Waals surface area contributed by atoms with Gasteiger partial charge in [0, 0.05) is 11.3 Å². The highest BCUT2D eigenvalue weighted by atomic mass is 19.1. The molecule has 0 aliphatic heterocycles. The molecule has 0 aliphatic carbocycles. The predicted molar refractivity (Wildman–Crippen MR) is 65.9 cm³/mol. The Morgan fingerprint density at radius 3 is 2.71 bits per heavy atom. The minimum absolute atomic E-state index is 0.380. The van der Waals surface area contributed by atoms with Gasteiger partial charge in [-0.25, -0.2) is 9.37 Å². The van der Waals surface area contributed by atoms with Gasteiger partial charge in [0.2, 0.25) is 0 Å². The average Bonchev–Trinajstić information content (AvgIpc) is 2.79. The van der Waals surface area contributed by atoms with Gasteiger partial charge < -0.3 is 10.7 Å². The lowest BCUT2D eigenvalue weighted by molar-refractivity contribution is 0.638. The summed E-state index contributed by atoms with van der Waals surface area (Å²) >= 11 is 0. The highest BCUT2D eigenvalue weighted by Crippen LogP contribution is 2.33. The van der Waals surface area contributed by atoms with E-state index in [4.69, 9.17) is 5.73 Å². The summed E-state index contributed by atoms with van der Waals surface area (Å²) in [5, 5.41) is 0. The van der Waals surface area contributed by atoms with E-state index < -0.39 is 0 Å². The number of nitrogens with two attached hydrogens (primary N) is 1. The molecule has 3 nitrogen and oxygen atoms in total. The van der Waals surface area contributed by atoms with Crippen LogP contribution in [0, 0.1) is 5.82 Å². The Kier molecular flexibility index (Phi) is 2.08. The number of nitrogen functional groups attached to an aromatic ring is 1. The molecule has 3 N–H and O–H groups in total. The number of imidazole rings is 1. The van der Waals surface area contributed by atoms with Gasteiger partial charge in [-0.15, -0.1) is 0 Å². The van der Waals surface area contributed by atoms with Crippen molar-refractivity contribution in [1.29, 1.82) is 0 Å². The molecule has 0 unspecified atom stereocenters. The van der Waals surface area contributed by atoms with E-state index >= 15 is 0 Å². The minimum atomic E-state index is -0.380. The summed E-state index contributed by atoms with van der Waals surface area (Å²) in [4.78, 5) is 6.92. The first kappa shape index (κ1) is 9.84. The maximum atomic E-state index is 13.6. The number of hydrogen-bond donors (Lipinski definition) is 2. The standard InChI is InChI=1S/C13H10FN3/c14-9-6-10(15)11(8-4-2-1-3-5-8)13-12(9)16-7-17-13/h1-7H,15H2,(H,16,17). The Bertz CT molecular complexity index is 674. The van der Waals surface area contributed by atoms with Crippen LogP contribution in [0.3, 0.4) is 0 Å². The summed E-state index contributed by atoms with van der Waals surface area (Å²) in [7, 11) is 0. The zero-order valence-corrected chi connectivity index (χ0v) is 8.94. The van der Waals surface area contributed by atoms with Crippen molar-refractivity contribution in [2.24, 2.45) is 0 Å². The molecule has 0 fully saturated rings. The second-order valence-corrected chi connectivity index (χ2v) is 3.81. The number of rotatable bonds is 1. The first-order chi connectivity index (χ1) is 8.27. The number of nitrogens with zero attached hydrogens (tertiary/aromatic N) is 1. The van der Waals surface area contributed by atoms with Gasteiger partial charge in [0.25, 0.3) is 0 Å². The van der Waals surface area contributed by atoms with Crippen molar-refractivity contribution in [3.8, 4) is 11.1 Å². The van der Waals surface area contributed by atoms with Crippen LogP contribution in [0.5, 0.6) is 0 Å². The summed E-state index contributed by atoms with van der Waals surface area (Å²) in [6.07, 6.45) is 1.47. The first-order valence-electron chi connectivity index (χ1n) is 5.24. The molecule has 0 saturated heterocycles. The Balaban J connectivity index is 2.40. The molecule has 2 aromatic carbocycles. The third-order valence-corrected chi connectivity index (χ3v) is 2.75. The maximum absolute atomic E-state index is 13.6. The van der Waals surface area contributed by atoms with Crippen molar-refractivity contribution < 1.29 is 4.39 Å². The normalized spacial score (nSPS) is 10.9. The first-order valence-corrected chi connectivity index (χ1v) is 5.24. The van der Waals surface area contributed by atoms with Gasteiger partial charge >= 0.3 is 0 Å². The minimum Gasteiger partial charge on any atom is -0.398 e. The number of halogens is 1. The Hall–Kier alpha value is -2.36. The number of fused-ring (bicyclic) bond motifs is 1. The lowest BCUT2D eigenvalue weighted by Gasteiger charge is -2.07. The van der Waals surface area contributed by atoms with Crippen LogP contribution in [0.1, 0.15) is 0 Å². The van der Waals surface area contributed by atoms with Crippen LogP contribution in [-0.4, -0.2) is 9.97 Å². The molecule has 0 aliphatic rings. The number of anilines is 1. The van der Waals surface area contributed by atoms with Gasteiger partial charge in [-0.3, -0.25) is 0 Å². The van der Waals surface area contributed by atoms with Gasteiger partial charge in [0.15, 0.2) is 5.82 Å². The zero-order valence-electron chi connectivity index (χ0n) is 8.94. The lowest BCUT2D eigenvalue weighted by atomic mass is 10.0. The molecular weight excluding hydrogens is 217 g/mol. The van der Waals surface area contributed by atoms with E-state index in [1.54, 1.807) is 0 Å². The van der Waals surface area contributed by atoms with Crippen molar-refractivity contribution in [2.45, 2.75) is 0 Å². The van der Waals surface area contributed by atoms with Crippen LogP contribution in [-0.2, 0) is 0 Å². The number of aromatic nitrogens is 2. The average molecular weight is 227 g/mol. The monoisotopic (exact) mass is 227 g/mol. The van der Waals surface area contributed by atoms with Gasteiger partial charge in [-0.2, -0.15) is 0 Å². The van der Waals surface area contributed by atoms with E-state index in [0.29, 0.717) is 16.7 Å². The van der Waals surface area contributed by atoms with Gasteiger partial charge in [-0.05, 0) is 11.6 Å². The fourth-order valence-corrected chi connectivity index (χ4v) is 1.99. The van der Waals surface area contributed by atoms with Crippen molar-refractivity contribution in [2.75, 3.05) is 5.73 Å². The summed E-state index contributed by atoms with van der Waals surface area (Å²) in [6.45, 7) is 0. The third-order valence-electron chi connectivity index (χ3n) is 2.75. The second kappa shape index (κ2) is 3.59. The zero-order chi connectivity index (χ0) is 11.8. The van der Waals surface area contributed by atoms with Crippen LogP contribution in [0.2, 0.25) is 0 Å². The van der Waals surface area contributed by atoms with E-state index in [1.807, 2.05) is 30.3 Å². The molecule has 3 rings (SSSR count). The molecule has 0 spiro atoms. The predicted octanol–water partition coefficient (Wildman–Crippen LogP) is 2.95. The van der Waals surface area contributed by atoms with E-state index in [-0.39, 0.29) is 5.82 Å². The summed E-state index contributed by atoms with van der Waals surface area (Å²) in [5.41, 5.74) is 8.93. The van der Waals surface area contributed by atoms with Gasteiger partial charge in [0.1, 0.15) is 11.0 Å². The molecule has 3 aromatic rings. The summed E-state index contributed by atoms with van der Waals surface area (Å²) < 4.78 is 13.6. The topological polar surface area (TPSA) is 54.7 Å². The van der Waals surface area contributed by atoms with Crippen molar-refractivity contribution >= 4 is 16.7 Å². The molecule has 0 amide bonds. The smallest absolute Gasteiger partial charge is 0.150 e. The van der Waals surface area contributed by atoms with E-state index in [2.05, 4.69) is 9.97 Å². The Labute approximate surface area is 97.1 Å². The van der Waals surface area contributed by atoms with Crippen LogP contribution < -0.4 is 5.73 Å². The van der Waals surface area contributed by atoms with E-state index in [1.165, 1.54) is 12.4 Å². The Morgan fingerprint density at radius 2 is 1.94 bits per heavy atom. The third kappa shape index (κ3) is 1.45. The Morgan fingerprint density at radius 1 is 1.18 bits per heavy atom. The second-order valence-electron chi connectivity index (χ2n) is 3.81. The van der Waals surface area contributed by atoms with E-state index in [9.17, 15) is 4.39 Å². The van der Waals surface area contributed by atoms with Crippen LogP contribution in [0.15, 0.2) is 42.7 Å². The molecule has 0 saturated carbocycles. The largest absolute Gasteiger partial charge is 0.398 e. The molecule has 1 aromatic heterocycles. The maximum Gasteiger partial charge on any atom is 0.150 e. The van der Waals surface area contributed by atoms with Crippen molar-refractivity contribution in [1.82, 2.24) is 9.97 Å². The number of hydrogen-bond acceptors (Lipinski definition) is 2. The molecule has 1 heterocycles. The molecule has 17 heavy (non-hydrogen) atoms.